The molecule has 0 amide bonds. The molecule has 0 saturated heterocycles. The summed E-state index contributed by atoms with van der Waals surface area (Å²) in [5.41, 5.74) is 1.01. The second-order valence-electron chi connectivity index (χ2n) is 2.95. The summed E-state index contributed by atoms with van der Waals surface area (Å²) in [7, 11) is 0. The highest BCUT2D eigenvalue weighted by Crippen LogP contribution is 2.29. The van der Waals surface area contributed by atoms with Crippen LogP contribution in [0.5, 0.6) is 0 Å². The van der Waals surface area contributed by atoms with Gasteiger partial charge in [0.1, 0.15) is 0 Å². The molecular weight excluding hydrogens is 218 g/mol. The summed E-state index contributed by atoms with van der Waals surface area (Å²) in [6, 6.07) is 5.25. The lowest BCUT2D eigenvalue weighted by Crippen LogP contribution is -1.86. The van der Waals surface area contributed by atoms with Crippen LogP contribution in [0.2, 0.25) is 0 Å². The molecule has 0 fully saturated rings. The maximum absolute atomic E-state index is 12.9. The van der Waals surface area contributed by atoms with Gasteiger partial charge >= 0.3 is 0 Å². The van der Waals surface area contributed by atoms with Crippen molar-refractivity contribution in [2.75, 3.05) is 0 Å². The number of carbonyl (C=O) groups is 1. The van der Waals surface area contributed by atoms with Crippen molar-refractivity contribution in [2.45, 2.75) is 0 Å². The number of halogens is 2. The molecule has 15 heavy (non-hydrogen) atoms. The number of benzene rings is 1. The molecule has 1 nitrogen and oxygen atoms in total. The van der Waals surface area contributed by atoms with Gasteiger partial charge in [0.05, 0.1) is 0 Å². The number of carbonyl (C=O) groups excluding carboxylic acids is 1. The smallest absolute Gasteiger partial charge is 0.159 e. The molecule has 1 heterocycles. The molecule has 76 valence electrons. The van der Waals surface area contributed by atoms with Crippen molar-refractivity contribution in [3.63, 3.8) is 0 Å². The Bertz CT molecular complexity index is 505. The monoisotopic (exact) mass is 224 g/mol. The van der Waals surface area contributed by atoms with Gasteiger partial charge in [-0.2, -0.15) is 0 Å². The van der Waals surface area contributed by atoms with Crippen molar-refractivity contribution in [1.82, 2.24) is 0 Å². The van der Waals surface area contributed by atoms with Crippen molar-refractivity contribution in [1.29, 1.82) is 0 Å². The Hall–Kier alpha value is -1.55. The normalized spacial score (nSPS) is 10.3. The lowest BCUT2D eigenvalue weighted by Gasteiger charge is -1.99. The molecule has 0 aliphatic heterocycles. The van der Waals surface area contributed by atoms with E-state index >= 15 is 0 Å². The van der Waals surface area contributed by atoms with Crippen LogP contribution in [0.3, 0.4) is 0 Å². The molecule has 2 aromatic rings. The quantitative estimate of drug-likeness (QED) is 0.713. The number of hydrogen-bond donors (Lipinski definition) is 0. The van der Waals surface area contributed by atoms with Gasteiger partial charge in [-0.1, -0.05) is 6.07 Å². The van der Waals surface area contributed by atoms with E-state index in [1.807, 2.05) is 0 Å². The number of aldehydes is 1. The Labute approximate surface area is 89.0 Å². The van der Waals surface area contributed by atoms with Crippen molar-refractivity contribution in [3.05, 3.63) is 46.8 Å². The first-order chi connectivity index (χ1) is 7.22. The van der Waals surface area contributed by atoms with Crippen LogP contribution in [-0.2, 0) is 0 Å². The van der Waals surface area contributed by atoms with Gasteiger partial charge in [0.15, 0.2) is 17.9 Å². The average molecular weight is 224 g/mol. The van der Waals surface area contributed by atoms with Gasteiger partial charge in [-0.15, -0.1) is 11.3 Å². The average Bonchev–Trinajstić information content (AvgIpc) is 2.70. The summed E-state index contributed by atoms with van der Waals surface area (Å²) in [6.45, 7) is 0. The van der Waals surface area contributed by atoms with Gasteiger partial charge in [-0.25, -0.2) is 8.78 Å². The van der Waals surface area contributed by atoms with Crippen LogP contribution >= 0.6 is 11.3 Å². The summed E-state index contributed by atoms with van der Waals surface area (Å²) in [4.78, 5) is 11.3. The molecule has 0 atom stereocenters. The molecule has 0 bridgehead atoms. The molecule has 4 heteroatoms. The molecule has 0 aliphatic carbocycles. The van der Waals surface area contributed by atoms with E-state index in [4.69, 9.17) is 0 Å². The topological polar surface area (TPSA) is 17.1 Å². The van der Waals surface area contributed by atoms with Gasteiger partial charge in [0, 0.05) is 10.4 Å². The van der Waals surface area contributed by atoms with Gasteiger partial charge in [0.25, 0.3) is 0 Å². The molecule has 0 spiro atoms. The van der Waals surface area contributed by atoms with Crippen LogP contribution in [0.15, 0.2) is 29.6 Å². The van der Waals surface area contributed by atoms with Gasteiger partial charge in [-0.3, -0.25) is 4.79 Å². The molecule has 2 rings (SSSR count). The highest BCUT2D eigenvalue weighted by atomic mass is 32.1. The van der Waals surface area contributed by atoms with Gasteiger partial charge in [0.2, 0.25) is 0 Å². The second kappa shape index (κ2) is 3.90. The van der Waals surface area contributed by atoms with Crippen molar-refractivity contribution in [3.8, 4) is 10.4 Å². The van der Waals surface area contributed by atoms with E-state index in [9.17, 15) is 13.6 Å². The van der Waals surface area contributed by atoms with E-state index in [-0.39, 0.29) is 0 Å². The predicted molar refractivity (Wildman–Crippen MR) is 55.1 cm³/mol. The molecule has 0 radical (unpaired) electrons. The van der Waals surface area contributed by atoms with Crippen LogP contribution in [0.4, 0.5) is 8.78 Å². The Morgan fingerprint density at radius 3 is 2.60 bits per heavy atom. The Morgan fingerprint density at radius 1 is 1.13 bits per heavy atom. The minimum absolute atomic E-state index is 0.492. The SMILES string of the molecule is O=Cc1ccsc1-c1ccc(F)c(F)c1. The van der Waals surface area contributed by atoms with Crippen LogP contribution in [0.1, 0.15) is 10.4 Å². The molecule has 1 aromatic heterocycles. The maximum Gasteiger partial charge on any atom is 0.159 e. The predicted octanol–water partition coefficient (Wildman–Crippen LogP) is 3.51. The Kier molecular flexibility index (Phi) is 2.60. The molecule has 0 aliphatic rings. The van der Waals surface area contributed by atoms with Gasteiger partial charge in [-0.05, 0) is 29.1 Å². The standard InChI is InChI=1S/C11H6F2OS/c12-9-2-1-7(5-10(9)13)11-8(6-14)3-4-15-11/h1-6H. The molecule has 0 saturated carbocycles. The van der Waals surface area contributed by atoms with Crippen molar-refractivity contribution in [2.24, 2.45) is 0 Å². The summed E-state index contributed by atoms with van der Waals surface area (Å²) in [5.74, 6) is -1.79. The maximum atomic E-state index is 12.9. The largest absolute Gasteiger partial charge is 0.298 e. The van der Waals surface area contributed by atoms with E-state index < -0.39 is 11.6 Å². The fourth-order valence-corrected chi connectivity index (χ4v) is 2.15. The minimum atomic E-state index is -0.905. The lowest BCUT2D eigenvalue weighted by molar-refractivity contribution is 0.112. The fourth-order valence-electron chi connectivity index (χ4n) is 1.28. The zero-order valence-corrected chi connectivity index (χ0v) is 8.35. The lowest BCUT2D eigenvalue weighted by atomic mass is 10.1. The summed E-state index contributed by atoms with van der Waals surface area (Å²) >= 11 is 1.32. The van der Waals surface area contributed by atoms with E-state index in [0.29, 0.717) is 22.3 Å². The third-order valence-electron chi connectivity index (χ3n) is 2.00. The molecule has 0 unspecified atom stereocenters. The Balaban J connectivity index is 2.54. The molecule has 0 N–H and O–H groups in total. The van der Waals surface area contributed by atoms with Crippen LogP contribution in [0, 0.1) is 11.6 Å². The first kappa shape index (κ1) is 9.98. The Morgan fingerprint density at radius 2 is 1.93 bits per heavy atom. The second-order valence-corrected chi connectivity index (χ2v) is 3.87. The fraction of sp³-hybridized carbons (Fsp3) is 0. The zero-order chi connectivity index (χ0) is 10.8. The van der Waals surface area contributed by atoms with E-state index in [1.54, 1.807) is 11.4 Å². The van der Waals surface area contributed by atoms with Crippen LogP contribution in [0.25, 0.3) is 10.4 Å². The van der Waals surface area contributed by atoms with E-state index in [1.165, 1.54) is 17.4 Å². The van der Waals surface area contributed by atoms with E-state index in [2.05, 4.69) is 0 Å². The highest BCUT2D eigenvalue weighted by molar-refractivity contribution is 7.14. The summed E-state index contributed by atoms with van der Waals surface area (Å²) in [5, 5.41) is 1.74. The van der Waals surface area contributed by atoms with Gasteiger partial charge < -0.3 is 0 Å². The van der Waals surface area contributed by atoms with Crippen molar-refractivity contribution < 1.29 is 13.6 Å². The first-order valence-electron chi connectivity index (χ1n) is 4.20. The van der Waals surface area contributed by atoms with Crippen molar-refractivity contribution >= 4 is 17.6 Å². The summed E-state index contributed by atoms with van der Waals surface area (Å²) in [6.07, 6.45) is 0.701. The third kappa shape index (κ3) is 1.80. The minimum Gasteiger partial charge on any atom is -0.298 e. The summed E-state index contributed by atoms with van der Waals surface area (Å²) < 4.78 is 25.6. The zero-order valence-electron chi connectivity index (χ0n) is 7.54. The number of hydrogen-bond acceptors (Lipinski definition) is 2. The number of rotatable bonds is 2. The third-order valence-corrected chi connectivity index (χ3v) is 2.98. The first-order valence-corrected chi connectivity index (χ1v) is 5.08. The van der Waals surface area contributed by atoms with Crippen LogP contribution < -0.4 is 0 Å². The molecule has 1 aromatic carbocycles. The van der Waals surface area contributed by atoms with Crippen LogP contribution in [-0.4, -0.2) is 6.29 Å². The number of thiophene rings is 1. The van der Waals surface area contributed by atoms with E-state index in [0.717, 1.165) is 12.1 Å². The highest BCUT2D eigenvalue weighted by Gasteiger charge is 2.09. The molecular formula is C11H6F2OS.